The monoisotopic (exact) mass is 384 g/mol. The second-order valence-corrected chi connectivity index (χ2v) is 6.22. The molecule has 0 aliphatic carbocycles. The molecular formula is C16H18Cl2N4O3. The van der Waals surface area contributed by atoms with Crippen LogP contribution in [0.15, 0.2) is 30.5 Å². The molecule has 0 aliphatic rings. The first kappa shape index (κ1) is 19.1. The van der Waals surface area contributed by atoms with Gasteiger partial charge >= 0.3 is 12.0 Å². The van der Waals surface area contributed by atoms with Gasteiger partial charge in [0.2, 0.25) is 0 Å². The van der Waals surface area contributed by atoms with E-state index in [1.54, 1.807) is 35.1 Å². The lowest BCUT2D eigenvalue weighted by molar-refractivity contribution is -0.137. The fourth-order valence-electron chi connectivity index (χ4n) is 2.29. The molecule has 0 saturated carbocycles. The Labute approximate surface area is 154 Å². The largest absolute Gasteiger partial charge is 0.481 e. The van der Waals surface area contributed by atoms with Crippen molar-refractivity contribution in [2.75, 3.05) is 11.9 Å². The topological polar surface area (TPSA) is 96.3 Å². The minimum absolute atomic E-state index is 0.00249. The van der Waals surface area contributed by atoms with Crippen LogP contribution in [0.3, 0.4) is 0 Å². The molecule has 1 unspecified atom stereocenters. The van der Waals surface area contributed by atoms with Crippen LogP contribution in [0, 0.1) is 0 Å². The van der Waals surface area contributed by atoms with Gasteiger partial charge in [0.15, 0.2) is 0 Å². The number of anilines is 1. The Hall–Kier alpha value is -2.25. The van der Waals surface area contributed by atoms with Crippen LogP contribution in [0.4, 0.5) is 10.6 Å². The number of rotatable bonds is 7. The molecule has 1 aromatic heterocycles. The van der Waals surface area contributed by atoms with Gasteiger partial charge in [0.1, 0.15) is 5.82 Å². The Morgan fingerprint density at radius 3 is 2.80 bits per heavy atom. The van der Waals surface area contributed by atoms with Crippen molar-refractivity contribution < 1.29 is 14.7 Å². The third-order valence-corrected chi connectivity index (χ3v) is 4.12. The number of halogens is 2. The number of amides is 2. The third kappa shape index (κ3) is 5.37. The number of carbonyl (C=O) groups excluding carboxylic acids is 1. The molecule has 0 radical (unpaired) electrons. The van der Waals surface area contributed by atoms with Crippen molar-refractivity contribution in [3.8, 4) is 0 Å². The molecule has 1 atom stereocenters. The lowest BCUT2D eigenvalue weighted by Gasteiger charge is -2.18. The van der Waals surface area contributed by atoms with Crippen molar-refractivity contribution in [1.29, 1.82) is 0 Å². The normalized spacial score (nSPS) is 11.8. The van der Waals surface area contributed by atoms with Crippen LogP contribution in [0.5, 0.6) is 0 Å². The van der Waals surface area contributed by atoms with Gasteiger partial charge < -0.3 is 10.4 Å². The van der Waals surface area contributed by atoms with Gasteiger partial charge in [-0.3, -0.25) is 10.1 Å². The van der Waals surface area contributed by atoms with E-state index in [9.17, 15) is 9.59 Å². The molecule has 0 aliphatic heterocycles. The predicted molar refractivity (Wildman–Crippen MR) is 96.4 cm³/mol. The highest BCUT2D eigenvalue weighted by molar-refractivity contribution is 6.33. The number of carboxylic acid groups (broad SMARTS) is 1. The van der Waals surface area contributed by atoms with E-state index in [0.717, 1.165) is 5.56 Å². The molecule has 1 heterocycles. The SMILES string of the molecule is CC(c1cc(Cl)ccc1Cl)n1nccc1NC(=O)NCCCC(=O)O. The molecule has 2 amide bonds. The van der Waals surface area contributed by atoms with E-state index in [1.807, 2.05) is 6.92 Å². The number of urea groups is 1. The molecule has 7 nitrogen and oxygen atoms in total. The quantitative estimate of drug-likeness (QED) is 0.632. The molecule has 0 spiro atoms. The Balaban J connectivity index is 2.03. The second kappa shape index (κ2) is 8.73. The number of carboxylic acids is 1. The number of aliphatic carboxylic acids is 1. The van der Waals surface area contributed by atoms with Crippen LogP contribution in [-0.2, 0) is 4.79 Å². The molecule has 1 aromatic carbocycles. The van der Waals surface area contributed by atoms with Gasteiger partial charge in [-0.2, -0.15) is 5.10 Å². The lowest BCUT2D eigenvalue weighted by Crippen LogP contribution is -2.31. The van der Waals surface area contributed by atoms with Crippen molar-refractivity contribution in [2.45, 2.75) is 25.8 Å². The maximum atomic E-state index is 11.9. The lowest BCUT2D eigenvalue weighted by atomic mass is 10.1. The van der Waals surface area contributed by atoms with Crippen LogP contribution in [0.2, 0.25) is 10.0 Å². The molecule has 0 bridgehead atoms. The summed E-state index contributed by atoms with van der Waals surface area (Å²) in [5.41, 5.74) is 0.780. The highest BCUT2D eigenvalue weighted by Gasteiger charge is 2.17. The van der Waals surface area contributed by atoms with E-state index in [2.05, 4.69) is 15.7 Å². The molecule has 2 aromatic rings. The van der Waals surface area contributed by atoms with E-state index in [1.165, 1.54) is 0 Å². The zero-order valence-corrected chi connectivity index (χ0v) is 15.0. The van der Waals surface area contributed by atoms with E-state index in [-0.39, 0.29) is 19.0 Å². The van der Waals surface area contributed by atoms with Gasteiger partial charge in [-0.15, -0.1) is 0 Å². The number of benzene rings is 1. The predicted octanol–water partition coefficient (Wildman–Crippen LogP) is 3.79. The van der Waals surface area contributed by atoms with Gasteiger partial charge in [-0.1, -0.05) is 23.2 Å². The average molecular weight is 385 g/mol. The number of nitrogens with one attached hydrogen (secondary N) is 2. The standard InChI is InChI=1S/C16H18Cl2N4O3/c1-10(12-9-11(17)4-5-13(12)18)22-14(6-8-20-22)21-16(25)19-7-2-3-15(23)24/h4-6,8-10H,2-3,7H2,1H3,(H,23,24)(H2,19,21,25). The summed E-state index contributed by atoms with van der Waals surface area (Å²) in [6.45, 7) is 2.16. The Morgan fingerprint density at radius 2 is 2.08 bits per heavy atom. The molecule has 0 saturated heterocycles. The maximum Gasteiger partial charge on any atom is 0.320 e. The highest BCUT2D eigenvalue weighted by atomic mass is 35.5. The van der Waals surface area contributed by atoms with E-state index < -0.39 is 12.0 Å². The van der Waals surface area contributed by atoms with Crippen LogP contribution >= 0.6 is 23.2 Å². The first-order valence-electron chi connectivity index (χ1n) is 7.63. The second-order valence-electron chi connectivity index (χ2n) is 5.38. The first-order valence-corrected chi connectivity index (χ1v) is 8.39. The first-order chi connectivity index (χ1) is 11.9. The van der Waals surface area contributed by atoms with Gasteiger partial charge in [-0.05, 0) is 37.1 Å². The summed E-state index contributed by atoms with van der Waals surface area (Å²) in [4.78, 5) is 22.4. The van der Waals surface area contributed by atoms with Crippen LogP contribution < -0.4 is 10.6 Å². The zero-order valence-electron chi connectivity index (χ0n) is 13.5. The number of hydrogen-bond donors (Lipinski definition) is 3. The minimum atomic E-state index is -0.896. The van der Waals surface area contributed by atoms with Crippen molar-refractivity contribution in [3.63, 3.8) is 0 Å². The summed E-state index contributed by atoms with van der Waals surface area (Å²) >= 11 is 12.3. The van der Waals surface area contributed by atoms with Gasteiger partial charge in [-0.25, -0.2) is 9.48 Å². The summed E-state index contributed by atoms with van der Waals surface area (Å²) in [6, 6.07) is 6.15. The van der Waals surface area contributed by atoms with E-state index in [4.69, 9.17) is 28.3 Å². The maximum absolute atomic E-state index is 11.9. The third-order valence-electron chi connectivity index (χ3n) is 3.54. The van der Waals surface area contributed by atoms with Crippen molar-refractivity contribution in [1.82, 2.24) is 15.1 Å². The smallest absolute Gasteiger partial charge is 0.320 e. The average Bonchev–Trinajstić information content (AvgIpc) is 3.01. The summed E-state index contributed by atoms with van der Waals surface area (Å²) < 4.78 is 1.62. The van der Waals surface area contributed by atoms with E-state index in [0.29, 0.717) is 22.3 Å². The molecule has 9 heteroatoms. The van der Waals surface area contributed by atoms with Gasteiger partial charge in [0, 0.05) is 29.1 Å². The Morgan fingerprint density at radius 1 is 1.32 bits per heavy atom. The molecular weight excluding hydrogens is 367 g/mol. The number of carbonyl (C=O) groups is 2. The van der Waals surface area contributed by atoms with Crippen LogP contribution in [0.1, 0.15) is 31.4 Å². The Kier molecular flexibility index (Phi) is 6.66. The summed E-state index contributed by atoms with van der Waals surface area (Å²) in [5, 5.41) is 19.2. The summed E-state index contributed by atoms with van der Waals surface area (Å²) in [6.07, 6.45) is 1.92. The molecule has 0 fully saturated rings. The van der Waals surface area contributed by atoms with Gasteiger partial charge in [0.05, 0.1) is 12.2 Å². The molecule has 2 rings (SSSR count). The fourth-order valence-corrected chi connectivity index (χ4v) is 2.75. The molecule has 3 N–H and O–H groups in total. The van der Waals surface area contributed by atoms with Crippen molar-refractivity contribution in [2.24, 2.45) is 0 Å². The summed E-state index contributed by atoms with van der Waals surface area (Å²) in [5.74, 6) is -0.410. The van der Waals surface area contributed by atoms with Crippen LogP contribution in [0.25, 0.3) is 0 Å². The number of hydrogen-bond acceptors (Lipinski definition) is 3. The van der Waals surface area contributed by atoms with E-state index >= 15 is 0 Å². The number of nitrogens with zero attached hydrogens (tertiary/aromatic N) is 2. The van der Waals surface area contributed by atoms with Gasteiger partial charge in [0.25, 0.3) is 0 Å². The fraction of sp³-hybridized carbons (Fsp3) is 0.312. The van der Waals surface area contributed by atoms with Crippen LogP contribution in [-0.4, -0.2) is 33.4 Å². The Bertz CT molecular complexity index is 764. The highest BCUT2D eigenvalue weighted by Crippen LogP contribution is 2.30. The summed E-state index contributed by atoms with van der Waals surface area (Å²) in [7, 11) is 0. The molecule has 134 valence electrons. The van der Waals surface area contributed by atoms with Crippen molar-refractivity contribution in [3.05, 3.63) is 46.1 Å². The minimum Gasteiger partial charge on any atom is -0.481 e. The number of aromatic nitrogens is 2. The van der Waals surface area contributed by atoms with Crippen molar-refractivity contribution >= 4 is 41.0 Å². The molecule has 25 heavy (non-hydrogen) atoms. The zero-order chi connectivity index (χ0) is 18.4.